The van der Waals surface area contributed by atoms with E-state index in [2.05, 4.69) is 65.4 Å². The first kappa shape index (κ1) is 28.7. The van der Waals surface area contributed by atoms with E-state index in [9.17, 15) is 9.59 Å². The lowest BCUT2D eigenvalue weighted by molar-refractivity contribution is -0.130. The van der Waals surface area contributed by atoms with Gasteiger partial charge in [0.25, 0.3) is 5.56 Å². The third-order valence-corrected chi connectivity index (χ3v) is 9.62. The number of hydrogen-bond donors (Lipinski definition) is 0. The Kier molecular flexibility index (Phi) is 7.23. The molecule has 8 rings (SSSR count). The molecule has 7 aromatic rings. The molecule has 5 aromatic carbocycles. The maximum atomic E-state index is 14.3. The number of esters is 1. The Morgan fingerprint density at radius 2 is 1.51 bits per heavy atom. The number of fused-ring (bicyclic) bond motifs is 3. The molecule has 2 aromatic heterocycles. The minimum absolute atomic E-state index is 0.203. The van der Waals surface area contributed by atoms with Crippen LogP contribution in [0.4, 0.5) is 0 Å². The van der Waals surface area contributed by atoms with Gasteiger partial charge in [-0.3, -0.25) is 9.36 Å². The molecule has 47 heavy (non-hydrogen) atoms. The van der Waals surface area contributed by atoms with E-state index in [-0.39, 0.29) is 5.56 Å². The number of hydrogen-bond acceptors (Lipinski definition) is 5. The Morgan fingerprint density at radius 1 is 0.830 bits per heavy atom. The predicted octanol–water partition coefficient (Wildman–Crippen LogP) is 7.00. The van der Waals surface area contributed by atoms with Crippen LogP contribution >= 0.6 is 11.3 Å². The highest BCUT2D eigenvalue weighted by atomic mass is 32.1. The zero-order chi connectivity index (χ0) is 31.9. The number of carbonyl (C=O) groups excluding carboxylic acids is 1. The number of rotatable bonds is 6. The van der Waals surface area contributed by atoms with E-state index in [4.69, 9.17) is 9.73 Å². The molecule has 1 aliphatic rings. The summed E-state index contributed by atoms with van der Waals surface area (Å²) in [5, 5.41) is 3.49. The van der Waals surface area contributed by atoms with Gasteiger partial charge >= 0.3 is 5.97 Å². The van der Waals surface area contributed by atoms with Gasteiger partial charge in [-0.25, -0.2) is 9.79 Å². The Balaban J connectivity index is 1.25. The first-order valence-electron chi connectivity index (χ1n) is 15.4. The number of thiazole rings is 1. The number of aromatic nitrogens is 2. The lowest BCUT2D eigenvalue weighted by atomic mass is 9.96. The predicted molar refractivity (Wildman–Crippen MR) is 187 cm³/mol. The third kappa shape index (κ3) is 5.20. The molecule has 0 radical (unpaired) electrons. The zero-order valence-corrected chi connectivity index (χ0v) is 26.4. The van der Waals surface area contributed by atoms with E-state index in [1.165, 1.54) is 27.7 Å². The Morgan fingerprint density at radius 3 is 2.32 bits per heavy atom. The van der Waals surface area contributed by atoms with Crippen LogP contribution in [0.3, 0.4) is 0 Å². The molecule has 6 nitrogen and oxygen atoms in total. The molecule has 0 fully saturated rings. The van der Waals surface area contributed by atoms with Crippen molar-refractivity contribution in [3.8, 4) is 5.75 Å². The first-order chi connectivity index (χ1) is 23.0. The average molecular weight is 632 g/mol. The van der Waals surface area contributed by atoms with E-state index in [1.54, 1.807) is 23.6 Å². The smallest absolute Gasteiger partial charge is 0.343 e. The van der Waals surface area contributed by atoms with Crippen LogP contribution in [0.5, 0.6) is 5.75 Å². The summed E-state index contributed by atoms with van der Waals surface area (Å²) < 4.78 is 10.2. The second kappa shape index (κ2) is 11.9. The fourth-order valence-electron chi connectivity index (χ4n) is 6.46. The van der Waals surface area contributed by atoms with Crippen LogP contribution in [0.25, 0.3) is 27.8 Å². The summed E-state index contributed by atoms with van der Waals surface area (Å²) in [5.74, 6) is -0.0981. The van der Waals surface area contributed by atoms with Crippen LogP contribution in [0.1, 0.15) is 29.7 Å². The Bertz CT molecular complexity index is 2520. The zero-order valence-electron chi connectivity index (χ0n) is 25.5. The fraction of sp³-hybridized carbons (Fsp3) is 0.0750. The topological polar surface area (TPSA) is 65.6 Å². The quantitative estimate of drug-likeness (QED) is 0.147. The highest BCUT2D eigenvalue weighted by molar-refractivity contribution is 7.07. The van der Waals surface area contributed by atoms with Crippen LogP contribution in [-0.2, 0) is 11.3 Å². The molecule has 0 bridgehead atoms. The molecule has 1 aliphatic heterocycles. The summed E-state index contributed by atoms with van der Waals surface area (Å²) in [6, 6.07) is 40.9. The number of para-hydroxylation sites is 2. The standard InChI is InChI=1S/C40H29N3O3S/c1-26-36(39(45)46-31-18-6-3-7-19-31)37(28-14-4-2-5-15-28)43-38(44)35(47-40(43)41-26)23-30-25-42(34-22-11-10-21-33(30)34)24-29-17-12-16-27-13-8-9-20-32(27)29/h2-23,25,37H,24H2,1H3/b35-23-/t37-/m1/s1. The van der Waals surface area contributed by atoms with E-state index >= 15 is 0 Å². The van der Waals surface area contributed by atoms with E-state index in [1.807, 2.05) is 66.7 Å². The van der Waals surface area contributed by atoms with Crippen LogP contribution < -0.4 is 19.6 Å². The molecular weight excluding hydrogens is 603 g/mol. The summed E-state index contributed by atoms with van der Waals surface area (Å²) in [4.78, 5) is 33.3. The fourth-order valence-corrected chi connectivity index (χ4v) is 7.50. The van der Waals surface area contributed by atoms with Crippen molar-refractivity contribution in [1.82, 2.24) is 9.13 Å². The van der Waals surface area contributed by atoms with Gasteiger partial charge in [-0.1, -0.05) is 121 Å². The van der Waals surface area contributed by atoms with Crippen molar-refractivity contribution >= 4 is 45.1 Å². The maximum Gasteiger partial charge on any atom is 0.343 e. The minimum Gasteiger partial charge on any atom is -0.423 e. The number of benzene rings is 5. The molecule has 0 spiro atoms. The van der Waals surface area contributed by atoms with E-state index in [0.717, 1.165) is 22.0 Å². The van der Waals surface area contributed by atoms with Crippen molar-refractivity contribution in [3.05, 3.63) is 181 Å². The van der Waals surface area contributed by atoms with Gasteiger partial charge in [-0.2, -0.15) is 0 Å². The van der Waals surface area contributed by atoms with Gasteiger partial charge in [0.15, 0.2) is 4.80 Å². The van der Waals surface area contributed by atoms with Crippen molar-refractivity contribution in [2.45, 2.75) is 19.5 Å². The van der Waals surface area contributed by atoms with Gasteiger partial charge < -0.3 is 9.30 Å². The highest BCUT2D eigenvalue weighted by Crippen LogP contribution is 2.31. The van der Waals surface area contributed by atoms with Crippen molar-refractivity contribution in [2.24, 2.45) is 4.99 Å². The van der Waals surface area contributed by atoms with E-state index in [0.29, 0.717) is 32.9 Å². The maximum absolute atomic E-state index is 14.3. The monoisotopic (exact) mass is 631 g/mol. The van der Waals surface area contributed by atoms with Crippen molar-refractivity contribution in [2.75, 3.05) is 0 Å². The van der Waals surface area contributed by atoms with Crippen LogP contribution in [0.2, 0.25) is 0 Å². The lowest BCUT2D eigenvalue weighted by Crippen LogP contribution is -2.40. The summed E-state index contributed by atoms with van der Waals surface area (Å²) in [7, 11) is 0. The highest BCUT2D eigenvalue weighted by Gasteiger charge is 2.33. The number of nitrogens with zero attached hydrogens (tertiary/aromatic N) is 3. The van der Waals surface area contributed by atoms with Crippen molar-refractivity contribution in [3.63, 3.8) is 0 Å². The molecule has 0 N–H and O–H groups in total. The van der Waals surface area contributed by atoms with Gasteiger partial charge in [-0.15, -0.1) is 0 Å². The van der Waals surface area contributed by atoms with Gasteiger partial charge in [0, 0.05) is 29.2 Å². The van der Waals surface area contributed by atoms with Crippen molar-refractivity contribution < 1.29 is 9.53 Å². The average Bonchev–Trinajstić information content (AvgIpc) is 3.60. The molecule has 3 heterocycles. The van der Waals surface area contributed by atoms with Gasteiger partial charge in [0.2, 0.25) is 0 Å². The normalized spacial score (nSPS) is 14.7. The molecule has 0 saturated heterocycles. The Hall–Kier alpha value is -5.79. The minimum atomic E-state index is -0.682. The molecule has 7 heteroatoms. The SMILES string of the molecule is CC1=C(C(=O)Oc2ccccc2)[C@@H](c2ccccc2)n2c(s/c(=C\c3cn(Cc4cccc5ccccc45)c4ccccc34)c2=O)=N1. The first-order valence-corrected chi connectivity index (χ1v) is 16.3. The van der Waals surface area contributed by atoms with Gasteiger partial charge in [0.05, 0.1) is 21.8 Å². The van der Waals surface area contributed by atoms with Crippen molar-refractivity contribution in [1.29, 1.82) is 0 Å². The molecule has 1 atom stereocenters. The van der Waals surface area contributed by atoms with Crippen LogP contribution in [-0.4, -0.2) is 15.1 Å². The summed E-state index contributed by atoms with van der Waals surface area (Å²) in [5.41, 5.74) is 4.73. The summed E-state index contributed by atoms with van der Waals surface area (Å²) >= 11 is 1.33. The molecular formula is C40H29N3O3S. The van der Waals surface area contributed by atoms with Crippen LogP contribution in [0, 0.1) is 0 Å². The molecule has 0 unspecified atom stereocenters. The number of allylic oxidation sites excluding steroid dienone is 1. The number of ether oxygens (including phenoxy) is 1. The third-order valence-electron chi connectivity index (χ3n) is 8.64. The van der Waals surface area contributed by atoms with Gasteiger partial charge in [0.1, 0.15) is 5.75 Å². The second-order valence-corrected chi connectivity index (χ2v) is 12.6. The van der Waals surface area contributed by atoms with Crippen LogP contribution in [0.15, 0.2) is 155 Å². The molecule has 0 saturated carbocycles. The summed E-state index contributed by atoms with van der Waals surface area (Å²) in [6.45, 7) is 2.49. The summed E-state index contributed by atoms with van der Waals surface area (Å²) in [6.07, 6.45) is 4.07. The Labute approximate surface area is 274 Å². The lowest BCUT2D eigenvalue weighted by Gasteiger charge is -2.24. The second-order valence-electron chi connectivity index (χ2n) is 11.6. The number of carbonyl (C=O) groups is 1. The van der Waals surface area contributed by atoms with Gasteiger partial charge in [-0.05, 0) is 53.1 Å². The molecule has 228 valence electrons. The molecule has 0 aliphatic carbocycles. The van der Waals surface area contributed by atoms with E-state index < -0.39 is 12.0 Å². The molecule has 0 amide bonds. The largest absolute Gasteiger partial charge is 0.423 e.